The van der Waals surface area contributed by atoms with Gasteiger partial charge in [-0.2, -0.15) is 0 Å². The molecule has 1 nitrogen and oxygen atoms in total. The van der Waals surface area contributed by atoms with Gasteiger partial charge in [-0.15, -0.1) is 6.61 Å². The summed E-state index contributed by atoms with van der Waals surface area (Å²) in [4.78, 5) is 0. The average molecular weight is 108 g/mol. The van der Waals surface area contributed by atoms with Crippen LogP contribution in [0.15, 0.2) is 0 Å². The Labute approximate surface area is 63.7 Å². The molecule has 0 aliphatic heterocycles. The van der Waals surface area contributed by atoms with E-state index in [4.69, 9.17) is 0 Å². The molecule has 0 radical (unpaired) electrons. The molecule has 0 aromatic carbocycles. The summed E-state index contributed by atoms with van der Waals surface area (Å²) in [6.07, 6.45) is 2.23. The van der Waals surface area contributed by atoms with Crippen LogP contribution in [0, 0.1) is 5.92 Å². The maximum Gasteiger partial charge on any atom is 1.00 e. The summed E-state index contributed by atoms with van der Waals surface area (Å²) in [5.41, 5.74) is 0. The second kappa shape index (κ2) is 7.56. The van der Waals surface area contributed by atoms with Crippen molar-refractivity contribution in [1.82, 2.24) is 0 Å². The topological polar surface area (TPSA) is 23.1 Å². The van der Waals surface area contributed by atoms with Gasteiger partial charge in [-0.1, -0.05) is 32.6 Å². The molecule has 0 heterocycles. The Balaban J connectivity index is 0. The predicted octanol–water partition coefficient (Wildman–Crippen LogP) is -2.21. The van der Waals surface area contributed by atoms with Crippen LogP contribution >= 0.6 is 0 Å². The van der Waals surface area contributed by atoms with Crippen LogP contribution in [0.2, 0.25) is 0 Å². The SMILES string of the molecule is CCCC(C)C[O-].[Li+]. The molecule has 0 rings (SSSR count). The molecule has 44 valence electrons. The predicted molar refractivity (Wildman–Crippen MR) is 28.9 cm³/mol. The number of rotatable bonds is 3. The van der Waals surface area contributed by atoms with E-state index < -0.39 is 0 Å². The fourth-order valence-electron chi connectivity index (χ4n) is 0.576. The van der Waals surface area contributed by atoms with Crippen molar-refractivity contribution in [2.45, 2.75) is 26.7 Å². The van der Waals surface area contributed by atoms with Gasteiger partial charge < -0.3 is 5.11 Å². The second-order valence-electron chi connectivity index (χ2n) is 2.06. The second-order valence-corrected chi connectivity index (χ2v) is 2.06. The molecule has 1 unspecified atom stereocenters. The van der Waals surface area contributed by atoms with Crippen molar-refractivity contribution in [3.63, 3.8) is 0 Å². The van der Waals surface area contributed by atoms with E-state index in [0.29, 0.717) is 5.92 Å². The minimum atomic E-state index is 0. The first kappa shape index (κ1) is 11.4. The van der Waals surface area contributed by atoms with Gasteiger partial charge in [0, 0.05) is 0 Å². The van der Waals surface area contributed by atoms with Gasteiger partial charge in [0.1, 0.15) is 0 Å². The summed E-state index contributed by atoms with van der Waals surface area (Å²) in [7, 11) is 0. The van der Waals surface area contributed by atoms with Crippen molar-refractivity contribution in [3.8, 4) is 0 Å². The van der Waals surface area contributed by atoms with Crippen molar-refractivity contribution < 1.29 is 24.0 Å². The molecular weight excluding hydrogens is 95.0 g/mol. The minimum absolute atomic E-state index is 0. The van der Waals surface area contributed by atoms with Crippen LogP contribution in [0.1, 0.15) is 26.7 Å². The zero-order valence-electron chi connectivity index (χ0n) is 6.11. The first-order valence-corrected chi connectivity index (χ1v) is 2.89. The first-order valence-electron chi connectivity index (χ1n) is 2.89. The summed E-state index contributed by atoms with van der Waals surface area (Å²) in [5, 5.41) is 10.0. The first-order chi connectivity index (χ1) is 3.31. The monoisotopic (exact) mass is 108 g/mol. The third-order valence-corrected chi connectivity index (χ3v) is 1.07. The smallest absolute Gasteiger partial charge is 0.854 e. The van der Waals surface area contributed by atoms with Crippen LogP contribution in [0.3, 0.4) is 0 Å². The van der Waals surface area contributed by atoms with Gasteiger partial charge in [0.2, 0.25) is 0 Å². The van der Waals surface area contributed by atoms with E-state index in [1.54, 1.807) is 0 Å². The van der Waals surface area contributed by atoms with Crippen molar-refractivity contribution in [1.29, 1.82) is 0 Å². The van der Waals surface area contributed by atoms with Crippen molar-refractivity contribution in [2.75, 3.05) is 6.61 Å². The van der Waals surface area contributed by atoms with Crippen molar-refractivity contribution >= 4 is 0 Å². The van der Waals surface area contributed by atoms with E-state index in [0.717, 1.165) is 12.8 Å². The van der Waals surface area contributed by atoms with E-state index in [9.17, 15) is 5.11 Å². The van der Waals surface area contributed by atoms with Crippen molar-refractivity contribution in [3.05, 3.63) is 0 Å². The van der Waals surface area contributed by atoms with E-state index >= 15 is 0 Å². The maximum absolute atomic E-state index is 10.0. The van der Waals surface area contributed by atoms with Crippen molar-refractivity contribution in [2.24, 2.45) is 5.92 Å². The normalized spacial score (nSPS) is 12.4. The Hall–Kier alpha value is 0.557. The van der Waals surface area contributed by atoms with Gasteiger partial charge in [-0.25, -0.2) is 0 Å². The Morgan fingerprint density at radius 2 is 2.00 bits per heavy atom. The Morgan fingerprint density at radius 3 is 2.12 bits per heavy atom. The quantitative estimate of drug-likeness (QED) is 0.376. The van der Waals surface area contributed by atoms with Gasteiger partial charge in [-0.05, 0) is 0 Å². The van der Waals surface area contributed by atoms with Gasteiger partial charge in [0.15, 0.2) is 0 Å². The Bertz CT molecular complexity index is 39.5. The fraction of sp³-hybridized carbons (Fsp3) is 1.00. The van der Waals surface area contributed by atoms with E-state index in [2.05, 4.69) is 6.92 Å². The Kier molecular flexibility index (Phi) is 10.7. The van der Waals surface area contributed by atoms with E-state index in [1.165, 1.54) is 0 Å². The summed E-state index contributed by atoms with van der Waals surface area (Å²) >= 11 is 0. The largest absolute Gasteiger partial charge is 1.00 e. The van der Waals surface area contributed by atoms with E-state index in [-0.39, 0.29) is 25.5 Å². The number of hydrogen-bond donors (Lipinski definition) is 0. The van der Waals surface area contributed by atoms with E-state index in [1.807, 2.05) is 6.92 Å². The zero-order valence-corrected chi connectivity index (χ0v) is 6.11. The third-order valence-electron chi connectivity index (χ3n) is 1.07. The molecule has 0 saturated heterocycles. The molecule has 0 aromatic rings. The minimum Gasteiger partial charge on any atom is -0.854 e. The van der Waals surface area contributed by atoms with Gasteiger partial charge >= 0.3 is 18.9 Å². The molecule has 0 saturated carbocycles. The van der Waals surface area contributed by atoms with Crippen LogP contribution in [0.25, 0.3) is 0 Å². The molecule has 0 N–H and O–H groups in total. The van der Waals surface area contributed by atoms with Crippen LogP contribution in [0.4, 0.5) is 0 Å². The summed E-state index contributed by atoms with van der Waals surface area (Å²) < 4.78 is 0. The van der Waals surface area contributed by atoms with Gasteiger partial charge in [0.25, 0.3) is 0 Å². The van der Waals surface area contributed by atoms with Crippen LogP contribution in [-0.4, -0.2) is 6.61 Å². The Morgan fingerprint density at radius 1 is 1.50 bits per heavy atom. The average Bonchev–Trinajstić information content (AvgIpc) is 1.68. The molecule has 0 aliphatic carbocycles. The molecule has 2 heteroatoms. The molecule has 0 bridgehead atoms. The summed E-state index contributed by atoms with van der Waals surface area (Å²) in [6.45, 7) is 4.19. The molecular formula is C6H13LiO. The molecule has 0 spiro atoms. The third kappa shape index (κ3) is 6.56. The van der Waals surface area contributed by atoms with Crippen LogP contribution in [0.5, 0.6) is 0 Å². The molecule has 8 heavy (non-hydrogen) atoms. The summed E-state index contributed by atoms with van der Waals surface area (Å²) in [5.74, 6) is 0.394. The fourth-order valence-corrected chi connectivity index (χ4v) is 0.576. The number of hydrogen-bond acceptors (Lipinski definition) is 1. The molecule has 0 aliphatic rings. The van der Waals surface area contributed by atoms with Crippen LogP contribution < -0.4 is 24.0 Å². The van der Waals surface area contributed by atoms with Gasteiger partial charge in [-0.3, -0.25) is 0 Å². The zero-order chi connectivity index (χ0) is 5.70. The molecule has 0 amide bonds. The standard InChI is InChI=1S/C6H13O.Li/c1-3-4-6(2)5-7;/h6H,3-5H2,1-2H3;/q-1;+1. The van der Waals surface area contributed by atoms with Crippen LogP contribution in [-0.2, 0) is 0 Å². The van der Waals surface area contributed by atoms with Gasteiger partial charge in [0.05, 0.1) is 0 Å². The summed E-state index contributed by atoms with van der Waals surface area (Å²) in [6, 6.07) is 0. The molecule has 0 fully saturated rings. The molecule has 0 aromatic heterocycles. The maximum atomic E-state index is 10.0. The molecule has 1 atom stereocenters.